The molecule has 0 N–H and O–H groups in total. The lowest BCUT2D eigenvalue weighted by atomic mass is 10.1. The third-order valence-corrected chi connectivity index (χ3v) is 5.77. The summed E-state index contributed by atoms with van der Waals surface area (Å²) in [6, 6.07) is 15.3. The van der Waals surface area contributed by atoms with E-state index in [1.807, 2.05) is 44.2 Å². The second-order valence-electron chi connectivity index (χ2n) is 8.05. The fourth-order valence-electron chi connectivity index (χ4n) is 3.96. The Kier molecular flexibility index (Phi) is 6.35. The lowest BCUT2D eigenvalue weighted by Gasteiger charge is -2.37. The van der Waals surface area contributed by atoms with Crippen molar-refractivity contribution in [1.29, 1.82) is 0 Å². The number of nitrogens with zero attached hydrogens (tertiary/aromatic N) is 3. The predicted molar refractivity (Wildman–Crippen MR) is 122 cm³/mol. The molecular formula is C25H29N3O4. The number of anilines is 1. The topological polar surface area (TPSA) is 68.0 Å². The molecular weight excluding hydrogens is 406 g/mol. The summed E-state index contributed by atoms with van der Waals surface area (Å²) in [6.07, 6.45) is -0.0993. The molecule has 7 nitrogen and oxygen atoms in total. The van der Waals surface area contributed by atoms with Crippen LogP contribution in [-0.2, 0) is 6.61 Å². The number of benzene rings is 2. The van der Waals surface area contributed by atoms with Crippen molar-refractivity contribution >= 4 is 11.6 Å². The molecule has 32 heavy (non-hydrogen) atoms. The fourth-order valence-corrected chi connectivity index (χ4v) is 3.96. The minimum Gasteiger partial charge on any atom is -0.489 e. The summed E-state index contributed by atoms with van der Waals surface area (Å²) < 4.78 is 17.3. The Balaban J connectivity index is 1.40. The summed E-state index contributed by atoms with van der Waals surface area (Å²) in [5, 5.41) is 3.95. The van der Waals surface area contributed by atoms with Crippen LogP contribution in [0.25, 0.3) is 0 Å². The van der Waals surface area contributed by atoms with Crippen molar-refractivity contribution in [3.63, 3.8) is 0 Å². The van der Waals surface area contributed by atoms with E-state index in [-0.39, 0.29) is 12.0 Å². The Bertz CT molecular complexity index is 1070. The van der Waals surface area contributed by atoms with Gasteiger partial charge in [0.05, 0.1) is 30.0 Å². The van der Waals surface area contributed by atoms with Crippen LogP contribution in [0.15, 0.2) is 53.1 Å². The van der Waals surface area contributed by atoms with Crippen molar-refractivity contribution < 1.29 is 18.8 Å². The molecule has 1 aliphatic rings. The van der Waals surface area contributed by atoms with Crippen molar-refractivity contribution in [2.45, 2.75) is 33.5 Å². The molecule has 1 atom stereocenters. The number of aromatic nitrogens is 1. The lowest BCUT2D eigenvalue weighted by molar-refractivity contribution is 0.0709. The van der Waals surface area contributed by atoms with E-state index in [9.17, 15) is 4.79 Å². The summed E-state index contributed by atoms with van der Waals surface area (Å²) in [7, 11) is 1.81. The van der Waals surface area contributed by atoms with Crippen molar-refractivity contribution in [2.75, 3.05) is 31.6 Å². The van der Waals surface area contributed by atoms with Gasteiger partial charge in [-0.25, -0.2) is 0 Å². The van der Waals surface area contributed by atoms with Crippen LogP contribution in [0.2, 0.25) is 0 Å². The first kappa shape index (κ1) is 21.7. The van der Waals surface area contributed by atoms with Crippen molar-refractivity contribution in [3.05, 3.63) is 71.1 Å². The number of fused-ring (bicyclic) bond motifs is 1. The van der Waals surface area contributed by atoms with Gasteiger partial charge in [0.1, 0.15) is 30.0 Å². The second kappa shape index (κ2) is 9.34. The third kappa shape index (κ3) is 4.56. The molecule has 1 aromatic heterocycles. The molecule has 2 aromatic carbocycles. The zero-order valence-corrected chi connectivity index (χ0v) is 19.0. The number of hydrogen-bond donors (Lipinski definition) is 0. The average molecular weight is 436 g/mol. The van der Waals surface area contributed by atoms with E-state index in [0.29, 0.717) is 24.5 Å². The third-order valence-electron chi connectivity index (χ3n) is 5.77. The summed E-state index contributed by atoms with van der Waals surface area (Å²) in [5.41, 5.74) is 3.41. The molecule has 0 radical (unpaired) electrons. The van der Waals surface area contributed by atoms with E-state index in [2.05, 4.69) is 23.0 Å². The lowest BCUT2D eigenvalue weighted by Crippen LogP contribution is -2.46. The highest BCUT2D eigenvalue weighted by Gasteiger charge is 2.27. The average Bonchev–Trinajstić information content (AvgIpc) is 3.13. The number of amides is 1. The van der Waals surface area contributed by atoms with Crippen LogP contribution in [0.1, 0.15) is 34.3 Å². The largest absolute Gasteiger partial charge is 0.489 e. The van der Waals surface area contributed by atoms with E-state index in [1.54, 1.807) is 24.1 Å². The van der Waals surface area contributed by atoms with E-state index in [0.717, 1.165) is 41.5 Å². The van der Waals surface area contributed by atoms with Crippen LogP contribution in [0.5, 0.6) is 11.5 Å². The highest BCUT2D eigenvalue weighted by atomic mass is 16.5. The first-order valence-electron chi connectivity index (χ1n) is 10.9. The minimum atomic E-state index is -0.0993. The zero-order chi connectivity index (χ0) is 22.7. The van der Waals surface area contributed by atoms with Gasteiger partial charge in [-0.2, -0.15) is 0 Å². The Hall–Kier alpha value is -3.48. The van der Waals surface area contributed by atoms with Crippen molar-refractivity contribution in [1.82, 2.24) is 10.1 Å². The highest BCUT2D eigenvalue weighted by molar-refractivity contribution is 5.94. The number of carbonyl (C=O) groups is 1. The normalized spacial score (nSPS) is 15.1. The maximum atomic E-state index is 13.1. The number of para-hydroxylation sites is 2. The summed E-state index contributed by atoms with van der Waals surface area (Å²) in [6.45, 7) is 8.34. The Morgan fingerprint density at radius 1 is 1.22 bits per heavy atom. The highest BCUT2D eigenvalue weighted by Crippen LogP contribution is 2.33. The van der Waals surface area contributed by atoms with Crippen LogP contribution >= 0.6 is 0 Å². The second-order valence-corrected chi connectivity index (χ2v) is 8.05. The molecule has 0 fully saturated rings. The van der Waals surface area contributed by atoms with Gasteiger partial charge in [-0.15, -0.1) is 0 Å². The van der Waals surface area contributed by atoms with Crippen LogP contribution in [0.4, 0.5) is 5.69 Å². The molecule has 0 saturated carbocycles. The Labute approximate surface area is 188 Å². The van der Waals surface area contributed by atoms with Gasteiger partial charge < -0.3 is 23.8 Å². The maximum Gasteiger partial charge on any atom is 0.253 e. The number of ether oxygens (including phenoxy) is 2. The number of rotatable bonds is 7. The summed E-state index contributed by atoms with van der Waals surface area (Å²) >= 11 is 0. The van der Waals surface area contributed by atoms with E-state index >= 15 is 0 Å². The standard InChI is InChI=1S/C25H29N3O4/c1-5-28-15-21(31-24-12-7-6-11-23(24)28)14-27(4)25(29)19-9-8-10-20(13-19)30-16-22-17(2)26-32-18(22)3/h6-13,21H,5,14-16H2,1-4H3/t21-/m0/s1. The van der Waals surface area contributed by atoms with Crippen LogP contribution < -0.4 is 14.4 Å². The molecule has 2 heterocycles. The van der Waals surface area contributed by atoms with Crippen molar-refractivity contribution in [3.8, 4) is 11.5 Å². The first-order valence-corrected chi connectivity index (χ1v) is 10.9. The number of aryl methyl sites for hydroxylation is 2. The van der Waals surface area contributed by atoms with Crippen LogP contribution in [0.3, 0.4) is 0 Å². The Morgan fingerprint density at radius 3 is 2.78 bits per heavy atom. The van der Waals surface area contributed by atoms with Gasteiger partial charge in [0, 0.05) is 19.2 Å². The number of carbonyl (C=O) groups excluding carboxylic acids is 1. The molecule has 0 bridgehead atoms. The van der Waals surface area contributed by atoms with Gasteiger partial charge in [0.25, 0.3) is 5.91 Å². The molecule has 0 spiro atoms. The van der Waals surface area contributed by atoms with E-state index in [4.69, 9.17) is 14.0 Å². The molecule has 1 aliphatic heterocycles. The predicted octanol–water partition coefficient (Wildman–Crippen LogP) is 4.23. The SMILES string of the molecule is CCN1C[C@H](CN(C)C(=O)c2cccc(OCc3c(C)noc3C)c2)Oc2ccccc21. The van der Waals surface area contributed by atoms with Gasteiger partial charge in [0.15, 0.2) is 0 Å². The van der Waals surface area contributed by atoms with Crippen LogP contribution in [-0.4, -0.2) is 48.7 Å². The molecule has 4 rings (SSSR count). The summed E-state index contributed by atoms with van der Waals surface area (Å²) in [4.78, 5) is 17.1. The monoisotopic (exact) mass is 435 g/mol. The Morgan fingerprint density at radius 2 is 2.03 bits per heavy atom. The smallest absolute Gasteiger partial charge is 0.253 e. The van der Waals surface area contributed by atoms with Gasteiger partial charge in [0.2, 0.25) is 0 Å². The van der Waals surface area contributed by atoms with Gasteiger partial charge in [-0.3, -0.25) is 4.79 Å². The molecule has 3 aromatic rings. The molecule has 168 valence electrons. The molecule has 1 amide bonds. The number of likely N-dealkylation sites (N-methyl/N-ethyl adjacent to an activating group) is 2. The van der Waals surface area contributed by atoms with Gasteiger partial charge >= 0.3 is 0 Å². The maximum absolute atomic E-state index is 13.1. The van der Waals surface area contributed by atoms with Gasteiger partial charge in [-0.05, 0) is 51.1 Å². The van der Waals surface area contributed by atoms with Crippen molar-refractivity contribution in [2.24, 2.45) is 0 Å². The zero-order valence-electron chi connectivity index (χ0n) is 19.0. The van der Waals surface area contributed by atoms with Crippen LogP contribution in [0, 0.1) is 13.8 Å². The van der Waals surface area contributed by atoms with E-state index < -0.39 is 0 Å². The fraction of sp³-hybridized carbons (Fsp3) is 0.360. The minimum absolute atomic E-state index is 0.0710. The molecule has 0 aliphatic carbocycles. The number of hydrogen-bond acceptors (Lipinski definition) is 6. The van der Waals surface area contributed by atoms with E-state index in [1.165, 1.54) is 0 Å². The quantitative estimate of drug-likeness (QED) is 0.553. The molecule has 0 saturated heterocycles. The van der Waals surface area contributed by atoms with Gasteiger partial charge in [-0.1, -0.05) is 23.4 Å². The summed E-state index contributed by atoms with van der Waals surface area (Å²) in [5.74, 6) is 2.16. The molecule has 0 unspecified atom stereocenters. The first-order chi connectivity index (χ1) is 15.5. The molecule has 7 heteroatoms.